The highest BCUT2D eigenvalue weighted by atomic mass is 19.4. The third kappa shape index (κ3) is 3.06. The monoisotopic (exact) mass is 277 g/mol. The third-order valence-corrected chi connectivity index (χ3v) is 2.71. The largest absolute Gasteiger partial charge is 0.416 e. The minimum absolute atomic E-state index is 0.168. The smallest absolute Gasteiger partial charge is 0.354 e. The minimum atomic E-state index is -4.38. The lowest BCUT2D eigenvalue weighted by molar-refractivity contribution is -0.138. The number of aryl methyl sites for hydroxylation is 1. The number of benzene rings is 1. The Bertz CT molecular complexity index is 655. The summed E-state index contributed by atoms with van der Waals surface area (Å²) in [6.45, 7) is 1.41. The van der Waals surface area contributed by atoms with Crippen molar-refractivity contribution in [3.05, 3.63) is 53.3 Å². The Morgan fingerprint density at radius 3 is 2.40 bits per heavy atom. The summed E-state index contributed by atoms with van der Waals surface area (Å²) >= 11 is 0. The highest BCUT2D eigenvalue weighted by Gasteiger charge is 2.32. The summed E-state index contributed by atoms with van der Waals surface area (Å²) in [7, 11) is 0. The van der Waals surface area contributed by atoms with E-state index >= 15 is 0 Å². The van der Waals surface area contributed by atoms with Crippen LogP contribution in [0.5, 0.6) is 0 Å². The van der Waals surface area contributed by atoms with E-state index < -0.39 is 11.7 Å². The number of anilines is 2. The molecule has 0 aliphatic rings. The minimum Gasteiger partial charge on any atom is -0.354 e. The van der Waals surface area contributed by atoms with Gasteiger partial charge in [0.15, 0.2) is 0 Å². The van der Waals surface area contributed by atoms with Crippen LogP contribution in [-0.4, -0.2) is 4.98 Å². The highest BCUT2D eigenvalue weighted by Crippen LogP contribution is 2.34. The maximum absolute atomic E-state index is 12.8. The van der Waals surface area contributed by atoms with E-state index in [-0.39, 0.29) is 11.3 Å². The fraction of sp³-hybridized carbons (Fsp3) is 0.143. The Labute approximate surface area is 113 Å². The first-order valence-electron chi connectivity index (χ1n) is 5.71. The van der Waals surface area contributed by atoms with Gasteiger partial charge in [0.2, 0.25) is 0 Å². The van der Waals surface area contributed by atoms with Crippen molar-refractivity contribution in [1.82, 2.24) is 4.98 Å². The number of hydrogen-bond acceptors (Lipinski definition) is 3. The van der Waals surface area contributed by atoms with Crippen LogP contribution in [0, 0.1) is 18.3 Å². The fourth-order valence-electron chi connectivity index (χ4n) is 1.71. The number of nitriles is 1. The topological polar surface area (TPSA) is 48.7 Å². The number of alkyl halides is 3. The molecule has 1 heterocycles. The molecule has 0 aliphatic carbocycles. The molecular weight excluding hydrogens is 267 g/mol. The summed E-state index contributed by atoms with van der Waals surface area (Å²) in [4.78, 5) is 3.84. The van der Waals surface area contributed by atoms with Gasteiger partial charge < -0.3 is 5.32 Å². The van der Waals surface area contributed by atoms with Gasteiger partial charge in [-0.1, -0.05) is 6.07 Å². The molecule has 0 fully saturated rings. The normalized spacial score (nSPS) is 10.9. The molecule has 3 nitrogen and oxygen atoms in total. The molecule has 0 saturated heterocycles. The average Bonchev–Trinajstić information content (AvgIpc) is 2.40. The first-order chi connectivity index (χ1) is 9.40. The summed E-state index contributed by atoms with van der Waals surface area (Å²) in [5.74, 6) is 0. The van der Waals surface area contributed by atoms with Gasteiger partial charge in [0, 0.05) is 5.69 Å². The van der Waals surface area contributed by atoms with E-state index in [2.05, 4.69) is 10.3 Å². The zero-order chi connectivity index (χ0) is 14.8. The number of hydrogen-bond donors (Lipinski definition) is 1. The van der Waals surface area contributed by atoms with E-state index in [1.54, 1.807) is 12.1 Å². The zero-order valence-electron chi connectivity index (χ0n) is 10.5. The quantitative estimate of drug-likeness (QED) is 0.901. The molecule has 1 aromatic heterocycles. The third-order valence-electron chi connectivity index (χ3n) is 2.71. The highest BCUT2D eigenvalue weighted by molar-refractivity contribution is 5.60. The van der Waals surface area contributed by atoms with Crippen molar-refractivity contribution in [2.45, 2.75) is 13.1 Å². The molecule has 0 amide bonds. The van der Waals surface area contributed by atoms with Crippen LogP contribution in [0.4, 0.5) is 24.5 Å². The Balaban J connectivity index is 2.28. The fourth-order valence-corrected chi connectivity index (χ4v) is 1.71. The lowest BCUT2D eigenvalue weighted by atomic mass is 10.1. The predicted octanol–water partition coefficient (Wildman–Crippen LogP) is 4.02. The molecule has 0 aliphatic heterocycles. The van der Waals surface area contributed by atoms with Crippen LogP contribution in [0.1, 0.15) is 16.8 Å². The summed E-state index contributed by atoms with van der Waals surface area (Å²) in [5, 5.41) is 11.4. The second-order valence-electron chi connectivity index (χ2n) is 4.20. The molecule has 0 bridgehead atoms. The van der Waals surface area contributed by atoms with Crippen molar-refractivity contribution >= 4 is 11.4 Å². The van der Waals surface area contributed by atoms with E-state index in [4.69, 9.17) is 5.26 Å². The predicted molar refractivity (Wildman–Crippen MR) is 68.4 cm³/mol. The van der Waals surface area contributed by atoms with Gasteiger partial charge in [-0.25, -0.2) is 4.98 Å². The van der Waals surface area contributed by atoms with E-state index in [1.165, 1.54) is 25.3 Å². The van der Waals surface area contributed by atoms with Crippen molar-refractivity contribution in [3.8, 4) is 6.07 Å². The molecule has 2 rings (SSSR count). The van der Waals surface area contributed by atoms with Crippen LogP contribution >= 0.6 is 0 Å². The number of pyridine rings is 1. The molecule has 1 aromatic carbocycles. The van der Waals surface area contributed by atoms with Crippen molar-refractivity contribution in [2.24, 2.45) is 0 Å². The molecule has 2 aromatic rings. The maximum Gasteiger partial charge on any atom is 0.416 e. The number of nitrogens with zero attached hydrogens (tertiary/aromatic N) is 2. The molecule has 20 heavy (non-hydrogen) atoms. The van der Waals surface area contributed by atoms with E-state index in [0.717, 1.165) is 6.07 Å². The molecule has 0 radical (unpaired) electrons. The van der Waals surface area contributed by atoms with Gasteiger partial charge in [-0.05, 0) is 36.8 Å². The number of halogens is 3. The van der Waals surface area contributed by atoms with E-state index in [0.29, 0.717) is 11.4 Å². The second-order valence-corrected chi connectivity index (χ2v) is 4.20. The lowest BCUT2D eigenvalue weighted by Crippen LogP contribution is -2.08. The Kier molecular flexibility index (Phi) is 3.61. The van der Waals surface area contributed by atoms with Crippen molar-refractivity contribution in [2.75, 3.05) is 5.32 Å². The molecular formula is C14H10F3N3. The number of aromatic nitrogens is 1. The van der Waals surface area contributed by atoms with Crippen LogP contribution in [-0.2, 0) is 6.18 Å². The van der Waals surface area contributed by atoms with Crippen LogP contribution in [0.3, 0.4) is 0 Å². The van der Waals surface area contributed by atoms with Gasteiger partial charge in [0.25, 0.3) is 0 Å². The number of rotatable bonds is 2. The first kappa shape index (κ1) is 13.9. The molecule has 0 saturated carbocycles. The van der Waals surface area contributed by atoms with Crippen LogP contribution < -0.4 is 5.32 Å². The van der Waals surface area contributed by atoms with E-state index in [1.807, 2.05) is 6.07 Å². The van der Waals surface area contributed by atoms with E-state index in [9.17, 15) is 13.2 Å². The Morgan fingerprint density at radius 1 is 1.15 bits per heavy atom. The summed E-state index contributed by atoms with van der Waals surface area (Å²) in [5.41, 5.74) is 0.566. The van der Waals surface area contributed by atoms with Crippen molar-refractivity contribution < 1.29 is 13.2 Å². The van der Waals surface area contributed by atoms with Crippen LogP contribution in [0.25, 0.3) is 0 Å². The lowest BCUT2D eigenvalue weighted by Gasteiger charge is -2.13. The first-order valence-corrected chi connectivity index (χ1v) is 5.71. The van der Waals surface area contributed by atoms with Gasteiger partial charge >= 0.3 is 6.18 Å². The molecule has 0 unspecified atom stereocenters. The van der Waals surface area contributed by atoms with Gasteiger partial charge in [0.1, 0.15) is 11.8 Å². The van der Waals surface area contributed by atoms with Gasteiger partial charge in [-0.2, -0.15) is 18.4 Å². The van der Waals surface area contributed by atoms with Gasteiger partial charge in [0.05, 0.1) is 17.4 Å². The van der Waals surface area contributed by atoms with Crippen molar-refractivity contribution in [1.29, 1.82) is 5.26 Å². The van der Waals surface area contributed by atoms with Crippen molar-refractivity contribution in [3.63, 3.8) is 0 Å². The molecule has 102 valence electrons. The standard InChI is InChI=1S/C14H10F3N3/c1-9-2-3-10(6-13(9)14(15,16)17)20-12-5-4-11(7-18)19-8-12/h2-6,8,20H,1H3. The Morgan fingerprint density at radius 2 is 1.85 bits per heavy atom. The summed E-state index contributed by atoms with van der Waals surface area (Å²) < 4.78 is 38.4. The number of nitrogens with one attached hydrogen (secondary N) is 1. The second kappa shape index (κ2) is 5.21. The summed E-state index contributed by atoms with van der Waals surface area (Å²) in [6, 6.07) is 8.95. The Hall–Kier alpha value is -2.55. The maximum atomic E-state index is 12.8. The molecule has 0 spiro atoms. The SMILES string of the molecule is Cc1ccc(Nc2ccc(C#N)nc2)cc1C(F)(F)F. The summed E-state index contributed by atoms with van der Waals surface area (Å²) in [6.07, 6.45) is -2.99. The molecule has 6 heteroatoms. The average molecular weight is 277 g/mol. The zero-order valence-corrected chi connectivity index (χ0v) is 10.5. The van der Waals surface area contributed by atoms with Gasteiger partial charge in [-0.3, -0.25) is 0 Å². The molecule has 1 N–H and O–H groups in total. The van der Waals surface area contributed by atoms with Crippen LogP contribution in [0.2, 0.25) is 0 Å². The van der Waals surface area contributed by atoms with Crippen LogP contribution in [0.15, 0.2) is 36.5 Å². The molecule has 0 atom stereocenters. The van der Waals surface area contributed by atoms with Gasteiger partial charge in [-0.15, -0.1) is 0 Å².